The summed E-state index contributed by atoms with van der Waals surface area (Å²) in [6.07, 6.45) is 4.79. The van der Waals surface area contributed by atoms with Gasteiger partial charge in [-0.05, 0) is 52.2 Å². The molecule has 0 spiro atoms. The van der Waals surface area contributed by atoms with Crippen LogP contribution in [0.3, 0.4) is 0 Å². The first-order valence-corrected chi connectivity index (χ1v) is 9.17. The summed E-state index contributed by atoms with van der Waals surface area (Å²) in [5.41, 5.74) is 0. The zero-order valence-corrected chi connectivity index (χ0v) is 14.6. The molecular weight excluding hydrogens is 280 g/mol. The summed E-state index contributed by atoms with van der Waals surface area (Å²) in [5.74, 6) is 0.721. The standard InChI is InChI=1S/C16H30N4S/c1-4-20(5-2)16-18-12-15(21-16)11-17-10-14(3)13-19-8-6-7-9-19/h12,14,17H,4-11,13H2,1-3H3. The fraction of sp³-hybridized carbons (Fsp3) is 0.812. The molecule has 1 aliphatic rings. The van der Waals surface area contributed by atoms with Gasteiger partial charge in [0.25, 0.3) is 0 Å². The van der Waals surface area contributed by atoms with E-state index in [1.54, 1.807) is 0 Å². The molecule has 1 saturated heterocycles. The fourth-order valence-electron chi connectivity index (χ4n) is 2.93. The molecule has 120 valence electrons. The van der Waals surface area contributed by atoms with Crippen molar-refractivity contribution in [2.75, 3.05) is 44.2 Å². The predicted molar refractivity (Wildman–Crippen MR) is 92.2 cm³/mol. The highest BCUT2D eigenvalue weighted by Gasteiger charge is 2.14. The summed E-state index contributed by atoms with van der Waals surface area (Å²) in [4.78, 5) is 10.8. The lowest BCUT2D eigenvalue weighted by Crippen LogP contribution is -2.31. The first-order valence-electron chi connectivity index (χ1n) is 8.35. The SMILES string of the molecule is CCN(CC)c1ncc(CNCC(C)CN2CCCC2)s1. The molecule has 5 heteroatoms. The number of hydrogen-bond donors (Lipinski definition) is 1. The number of nitrogens with one attached hydrogen (secondary N) is 1. The maximum Gasteiger partial charge on any atom is 0.185 e. The van der Waals surface area contributed by atoms with Crippen LogP contribution in [0.5, 0.6) is 0 Å². The molecule has 0 bridgehead atoms. The molecule has 1 aliphatic heterocycles. The molecule has 2 rings (SSSR count). The Hall–Kier alpha value is -0.650. The van der Waals surface area contributed by atoms with E-state index in [1.165, 1.54) is 37.4 Å². The molecular formula is C16H30N4S. The molecule has 1 fully saturated rings. The van der Waals surface area contributed by atoms with E-state index in [0.717, 1.165) is 37.2 Å². The van der Waals surface area contributed by atoms with Crippen molar-refractivity contribution < 1.29 is 0 Å². The summed E-state index contributed by atoms with van der Waals surface area (Å²) in [7, 11) is 0. The molecule has 4 nitrogen and oxygen atoms in total. The van der Waals surface area contributed by atoms with Gasteiger partial charge in [-0.2, -0.15) is 0 Å². The largest absolute Gasteiger partial charge is 0.349 e. The van der Waals surface area contributed by atoms with Crippen molar-refractivity contribution in [3.05, 3.63) is 11.1 Å². The molecule has 1 unspecified atom stereocenters. The number of nitrogens with zero attached hydrogens (tertiary/aromatic N) is 3. The van der Waals surface area contributed by atoms with Gasteiger partial charge in [-0.1, -0.05) is 6.92 Å². The summed E-state index contributed by atoms with van der Waals surface area (Å²) < 4.78 is 0. The minimum Gasteiger partial charge on any atom is -0.349 e. The second-order valence-corrected chi connectivity index (χ2v) is 7.12. The Bertz CT molecular complexity index is 397. The van der Waals surface area contributed by atoms with Crippen LogP contribution in [0.1, 0.15) is 38.5 Å². The summed E-state index contributed by atoms with van der Waals surface area (Å²) in [6.45, 7) is 14.6. The van der Waals surface area contributed by atoms with Crippen LogP contribution in [0.2, 0.25) is 0 Å². The lowest BCUT2D eigenvalue weighted by Gasteiger charge is -2.20. The molecule has 1 aromatic rings. The smallest absolute Gasteiger partial charge is 0.185 e. The van der Waals surface area contributed by atoms with Crippen LogP contribution in [0.4, 0.5) is 5.13 Å². The van der Waals surface area contributed by atoms with Crippen LogP contribution in [0.25, 0.3) is 0 Å². The zero-order chi connectivity index (χ0) is 15.1. The second-order valence-electron chi connectivity index (χ2n) is 6.03. The molecule has 0 aromatic carbocycles. The van der Waals surface area contributed by atoms with Gasteiger partial charge in [0, 0.05) is 37.3 Å². The third-order valence-electron chi connectivity index (χ3n) is 4.14. The highest BCUT2D eigenvalue weighted by atomic mass is 32.1. The Labute approximate surface area is 133 Å². The number of hydrogen-bond acceptors (Lipinski definition) is 5. The monoisotopic (exact) mass is 310 g/mol. The van der Waals surface area contributed by atoms with Crippen molar-refractivity contribution in [1.82, 2.24) is 15.2 Å². The molecule has 1 N–H and O–H groups in total. The Morgan fingerprint density at radius 3 is 2.71 bits per heavy atom. The van der Waals surface area contributed by atoms with Crippen LogP contribution in [0, 0.1) is 5.92 Å². The highest BCUT2D eigenvalue weighted by Crippen LogP contribution is 2.22. The average molecular weight is 311 g/mol. The Balaban J connectivity index is 1.68. The maximum atomic E-state index is 4.54. The van der Waals surface area contributed by atoms with Gasteiger partial charge in [-0.3, -0.25) is 0 Å². The third kappa shape index (κ3) is 5.24. The van der Waals surface area contributed by atoms with Crippen molar-refractivity contribution in [2.24, 2.45) is 5.92 Å². The van der Waals surface area contributed by atoms with Gasteiger partial charge in [0.15, 0.2) is 5.13 Å². The molecule has 1 atom stereocenters. The fourth-order valence-corrected chi connectivity index (χ4v) is 3.94. The molecule has 0 aliphatic carbocycles. The first-order chi connectivity index (χ1) is 10.2. The molecule has 0 saturated carbocycles. The van der Waals surface area contributed by atoms with Gasteiger partial charge in [0.1, 0.15) is 0 Å². The van der Waals surface area contributed by atoms with Crippen molar-refractivity contribution in [3.63, 3.8) is 0 Å². The van der Waals surface area contributed by atoms with Crippen molar-refractivity contribution in [2.45, 2.75) is 40.2 Å². The number of thiazole rings is 1. The lowest BCUT2D eigenvalue weighted by molar-refractivity contribution is 0.283. The first kappa shape index (κ1) is 16.7. The normalized spacial score (nSPS) is 17.3. The summed E-state index contributed by atoms with van der Waals surface area (Å²) >= 11 is 1.82. The van der Waals surface area contributed by atoms with Crippen molar-refractivity contribution in [1.29, 1.82) is 0 Å². The number of likely N-dealkylation sites (tertiary alicyclic amines) is 1. The maximum absolute atomic E-state index is 4.54. The van der Waals surface area contributed by atoms with Crippen LogP contribution in [-0.4, -0.2) is 49.2 Å². The summed E-state index contributed by atoms with van der Waals surface area (Å²) in [6, 6.07) is 0. The zero-order valence-electron chi connectivity index (χ0n) is 13.8. The van der Waals surface area contributed by atoms with E-state index in [9.17, 15) is 0 Å². The van der Waals surface area contributed by atoms with Crippen molar-refractivity contribution >= 4 is 16.5 Å². The van der Waals surface area contributed by atoms with Gasteiger partial charge in [0.2, 0.25) is 0 Å². The van der Waals surface area contributed by atoms with E-state index >= 15 is 0 Å². The number of rotatable bonds is 9. The quantitative estimate of drug-likeness (QED) is 0.760. The minimum absolute atomic E-state index is 0.721. The molecule has 0 radical (unpaired) electrons. The lowest BCUT2D eigenvalue weighted by atomic mass is 10.1. The van der Waals surface area contributed by atoms with E-state index in [1.807, 2.05) is 17.5 Å². The van der Waals surface area contributed by atoms with Gasteiger partial charge in [0.05, 0.1) is 0 Å². The molecule has 2 heterocycles. The average Bonchev–Trinajstić information content (AvgIpc) is 3.12. The van der Waals surface area contributed by atoms with Crippen LogP contribution in [-0.2, 0) is 6.54 Å². The Morgan fingerprint density at radius 1 is 1.33 bits per heavy atom. The predicted octanol–water partition coefficient (Wildman–Crippen LogP) is 2.81. The topological polar surface area (TPSA) is 31.4 Å². The molecule has 0 amide bonds. The third-order valence-corrected chi connectivity index (χ3v) is 5.19. The van der Waals surface area contributed by atoms with E-state index < -0.39 is 0 Å². The van der Waals surface area contributed by atoms with Gasteiger partial charge >= 0.3 is 0 Å². The van der Waals surface area contributed by atoms with Crippen LogP contribution in [0.15, 0.2) is 6.20 Å². The minimum atomic E-state index is 0.721. The number of aromatic nitrogens is 1. The van der Waals surface area contributed by atoms with E-state index in [-0.39, 0.29) is 0 Å². The summed E-state index contributed by atoms with van der Waals surface area (Å²) in [5, 5.41) is 4.74. The van der Waals surface area contributed by atoms with E-state index in [4.69, 9.17) is 0 Å². The van der Waals surface area contributed by atoms with Crippen molar-refractivity contribution in [3.8, 4) is 0 Å². The van der Waals surface area contributed by atoms with Crippen LogP contribution >= 0.6 is 11.3 Å². The van der Waals surface area contributed by atoms with E-state index in [2.05, 4.69) is 40.9 Å². The van der Waals surface area contributed by atoms with Gasteiger partial charge in [-0.25, -0.2) is 4.98 Å². The van der Waals surface area contributed by atoms with Gasteiger partial charge in [-0.15, -0.1) is 11.3 Å². The Morgan fingerprint density at radius 2 is 2.05 bits per heavy atom. The molecule has 21 heavy (non-hydrogen) atoms. The van der Waals surface area contributed by atoms with Crippen LogP contribution < -0.4 is 10.2 Å². The second kappa shape index (κ2) is 8.71. The van der Waals surface area contributed by atoms with E-state index in [0.29, 0.717) is 0 Å². The molecule has 1 aromatic heterocycles. The van der Waals surface area contributed by atoms with Gasteiger partial charge < -0.3 is 15.1 Å². The number of anilines is 1. The highest BCUT2D eigenvalue weighted by molar-refractivity contribution is 7.15. The Kier molecular flexibility index (Phi) is 6.93.